The van der Waals surface area contributed by atoms with E-state index in [-0.39, 0.29) is 6.10 Å². The second-order valence-corrected chi connectivity index (χ2v) is 4.86. The number of benzene rings is 2. The molecule has 1 saturated heterocycles. The normalized spacial score (nSPS) is 23.8. The molecule has 2 atom stereocenters. The summed E-state index contributed by atoms with van der Waals surface area (Å²) < 4.78 is 6.03. The van der Waals surface area contributed by atoms with Crippen molar-refractivity contribution in [1.82, 2.24) is 0 Å². The second-order valence-electron chi connectivity index (χ2n) is 4.86. The summed E-state index contributed by atoms with van der Waals surface area (Å²) in [6, 6.07) is 21.3. The Kier molecular flexibility index (Phi) is 3.42. The summed E-state index contributed by atoms with van der Waals surface area (Å²) >= 11 is 0. The molecule has 0 bridgehead atoms. The minimum absolute atomic E-state index is 0.211. The molecular weight excluding hydrogens is 220 g/mol. The molecule has 0 aliphatic carbocycles. The Morgan fingerprint density at radius 2 is 1.39 bits per heavy atom. The number of hydrogen-bond donors (Lipinski definition) is 0. The van der Waals surface area contributed by atoms with Crippen molar-refractivity contribution >= 4 is 0 Å². The van der Waals surface area contributed by atoms with E-state index in [0.717, 1.165) is 13.0 Å². The van der Waals surface area contributed by atoms with E-state index >= 15 is 0 Å². The van der Waals surface area contributed by atoms with Gasteiger partial charge in [-0.1, -0.05) is 60.7 Å². The van der Waals surface area contributed by atoms with Crippen LogP contribution in [0.2, 0.25) is 0 Å². The van der Waals surface area contributed by atoms with Gasteiger partial charge in [0.15, 0.2) is 0 Å². The molecule has 0 radical (unpaired) electrons. The maximum absolute atomic E-state index is 6.03. The lowest BCUT2D eigenvalue weighted by molar-refractivity contribution is -0.00224. The van der Waals surface area contributed by atoms with Crippen molar-refractivity contribution in [2.24, 2.45) is 0 Å². The Labute approximate surface area is 108 Å². The standard InChI is InChI=1S/C17H18O/c1-3-8-14(9-4-1)16-12-7-13-18-17(16)15-10-5-2-6-11-15/h1-6,8-11,16-17H,7,12-13H2. The van der Waals surface area contributed by atoms with E-state index in [1.54, 1.807) is 0 Å². The third-order valence-electron chi connectivity index (χ3n) is 3.68. The fourth-order valence-electron chi connectivity index (χ4n) is 2.79. The number of rotatable bonds is 2. The van der Waals surface area contributed by atoms with Gasteiger partial charge in [0, 0.05) is 12.5 Å². The summed E-state index contributed by atoms with van der Waals surface area (Å²) in [6.07, 6.45) is 2.58. The van der Waals surface area contributed by atoms with Gasteiger partial charge in [-0.2, -0.15) is 0 Å². The van der Waals surface area contributed by atoms with E-state index in [1.807, 2.05) is 0 Å². The highest BCUT2D eigenvalue weighted by Gasteiger charge is 2.28. The molecule has 18 heavy (non-hydrogen) atoms. The minimum atomic E-state index is 0.211. The fourth-order valence-corrected chi connectivity index (χ4v) is 2.79. The lowest BCUT2D eigenvalue weighted by Crippen LogP contribution is -2.21. The SMILES string of the molecule is c1ccc(C2CCCOC2c2ccccc2)cc1. The Balaban J connectivity index is 1.92. The zero-order valence-electron chi connectivity index (χ0n) is 10.5. The molecule has 1 aliphatic heterocycles. The van der Waals surface area contributed by atoms with Crippen LogP contribution in [0.1, 0.15) is 36.0 Å². The number of hydrogen-bond acceptors (Lipinski definition) is 1. The van der Waals surface area contributed by atoms with Crippen molar-refractivity contribution < 1.29 is 4.74 Å². The number of ether oxygens (including phenoxy) is 1. The highest BCUT2D eigenvalue weighted by molar-refractivity contribution is 5.27. The molecular formula is C17H18O. The van der Waals surface area contributed by atoms with Gasteiger partial charge < -0.3 is 4.74 Å². The van der Waals surface area contributed by atoms with E-state index in [0.29, 0.717) is 5.92 Å². The quantitative estimate of drug-likeness (QED) is 0.757. The molecule has 3 rings (SSSR count). The molecule has 1 nitrogen and oxygen atoms in total. The van der Waals surface area contributed by atoms with Crippen molar-refractivity contribution in [3.63, 3.8) is 0 Å². The smallest absolute Gasteiger partial charge is 0.0893 e. The van der Waals surface area contributed by atoms with Gasteiger partial charge in [0.05, 0.1) is 6.10 Å². The molecule has 0 N–H and O–H groups in total. The molecule has 92 valence electrons. The molecule has 0 amide bonds. The van der Waals surface area contributed by atoms with Gasteiger partial charge in [0.25, 0.3) is 0 Å². The van der Waals surface area contributed by atoms with Crippen LogP contribution < -0.4 is 0 Å². The van der Waals surface area contributed by atoms with Crippen LogP contribution in [0.25, 0.3) is 0 Å². The average molecular weight is 238 g/mol. The van der Waals surface area contributed by atoms with E-state index in [4.69, 9.17) is 4.74 Å². The monoisotopic (exact) mass is 238 g/mol. The van der Waals surface area contributed by atoms with Crippen LogP contribution in [0.3, 0.4) is 0 Å². The maximum atomic E-state index is 6.03. The summed E-state index contributed by atoms with van der Waals surface area (Å²) in [6.45, 7) is 0.878. The Morgan fingerprint density at radius 3 is 2.06 bits per heavy atom. The highest BCUT2D eigenvalue weighted by atomic mass is 16.5. The van der Waals surface area contributed by atoms with Gasteiger partial charge in [0.1, 0.15) is 0 Å². The maximum Gasteiger partial charge on any atom is 0.0893 e. The van der Waals surface area contributed by atoms with Crippen LogP contribution in [0.4, 0.5) is 0 Å². The highest BCUT2D eigenvalue weighted by Crippen LogP contribution is 2.40. The third kappa shape index (κ3) is 2.32. The van der Waals surface area contributed by atoms with Crippen LogP contribution in [0.15, 0.2) is 60.7 Å². The first kappa shape index (κ1) is 11.5. The largest absolute Gasteiger partial charge is 0.373 e. The molecule has 1 heterocycles. The summed E-state index contributed by atoms with van der Waals surface area (Å²) in [7, 11) is 0. The van der Waals surface area contributed by atoms with Crippen LogP contribution in [0, 0.1) is 0 Å². The van der Waals surface area contributed by atoms with Crippen molar-refractivity contribution in [3.05, 3.63) is 71.8 Å². The minimum Gasteiger partial charge on any atom is -0.373 e. The average Bonchev–Trinajstić information content (AvgIpc) is 2.49. The van der Waals surface area contributed by atoms with Gasteiger partial charge >= 0.3 is 0 Å². The lowest BCUT2D eigenvalue weighted by Gasteiger charge is -2.32. The van der Waals surface area contributed by atoms with E-state index < -0.39 is 0 Å². The summed E-state index contributed by atoms with van der Waals surface area (Å²) in [5.74, 6) is 0.488. The first-order valence-electron chi connectivity index (χ1n) is 6.66. The first-order valence-corrected chi connectivity index (χ1v) is 6.66. The second kappa shape index (κ2) is 5.36. The molecule has 2 aromatic carbocycles. The summed E-state index contributed by atoms with van der Waals surface area (Å²) in [4.78, 5) is 0. The zero-order valence-corrected chi connectivity index (χ0v) is 10.5. The van der Waals surface area contributed by atoms with E-state index in [2.05, 4.69) is 60.7 Å². The van der Waals surface area contributed by atoms with Crippen LogP contribution in [0.5, 0.6) is 0 Å². The predicted molar refractivity (Wildman–Crippen MR) is 73.6 cm³/mol. The summed E-state index contributed by atoms with van der Waals surface area (Å²) in [5.41, 5.74) is 2.69. The Morgan fingerprint density at radius 1 is 0.778 bits per heavy atom. The Hall–Kier alpha value is -1.60. The third-order valence-corrected chi connectivity index (χ3v) is 3.68. The fraction of sp³-hybridized carbons (Fsp3) is 0.294. The van der Waals surface area contributed by atoms with Crippen molar-refractivity contribution in [3.8, 4) is 0 Å². The molecule has 2 aromatic rings. The molecule has 1 fully saturated rings. The molecule has 0 aromatic heterocycles. The van der Waals surface area contributed by atoms with Gasteiger partial charge in [-0.05, 0) is 24.0 Å². The zero-order chi connectivity index (χ0) is 12.2. The van der Waals surface area contributed by atoms with Gasteiger partial charge in [-0.25, -0.2) is 0 Å². The molecule has 1 aliphatic rings. The predicted octanol–water partition coefficient (Wildman–Crippen LogP) is 4.32. The Bertz CT molecular complexity index is 430. The van der Waals surface area contributed by atoms with E-state index in [1.165, 1.54) is 17.5 Å². The topological polar surface area (TPSA) is 9.23 Å². The van der Waals surface area contributed by atoms with Crippen molar-refractivity contribution in [2.45, 2.75) is 24.9 Å². The lowest BCUT2D eigenvalue weighted by atomic mass is 9.84. The van der Waals surface area contributed by atoms with Crippen molar-refractivity contribution in [2.75, 3.05) is 6.61 Å². The van der Waals surface area contributed by atoms with Crippen LogP contribution in [-0.2, 0) is 4.74 Å². The molecule has 1 heteroatoms. The molecule has 0 saturated carbocycles. The van der Waals surface area contributed by atoms with Gasteiger partial charge in [-0.15, -0.1) is 0 Å². The summed E-state index contributed by atoms with van der Waals surface area (Å²) in [5, 5.41) is 0. The van der Waals surface area contributed by atoms with Crippen LogP contribution >= 0.6 is 0 Å². The van der Waals surface area contributed by atoms with Crippen LogP contribution in [-0.4, -0.2) is 6.61 Å². The van der Waals surface area contributed by atoms with Gasteiger partial charge in [0.2, 0.25) is 0 Å². The molecule has 2 unspecified atom stereocenters. The van der Waals surface area contributed by atoms with E-state index in [9.17, 15) is 0 Å². The first-order chi connectivity index (χ1) is 8.95. The van der Waals surface area contributed by atoms with Crippen molar-refractivity contribution in [1.29, 1.82) is 0 Å². The van der Waals surface area contributed by atoms with Gasteiger partial charge in [-0.3, -0.25) is 0 Å². The molecule has 0 spiro atoms.